The molecule has 1 heterocycles. The normalized spacial score (nSPS) is 10.8. The summed E-state index contributed by atoms with van der Waals surface area (Å²) in [6, 6.07) is 8.03. The minimum Gasteiger partial charge on any atom is -0.496 e. The number of ether oxygens (including phenoxy) is 1. The molecule has 0 saturated carbocycles. The predicted molar refractivity (Wildman–Crippen MR) is 81.1 cm³/mol. The van der Waals surface area contributed by atoms with Crippen LogP contribution in [-0.2, 0) is 6.42 Å². The Morgan fingerprint density at radius 3 is 2.55 bits per heavy atom. The van der Waals surface area contributed by atoms with Crippen molar-refractivity contribution in [2.24, 2.45) is 0 Å². The maximum atomic E-state index is 5.78. The zero-order valence-electron chi connectivity index (χ0n) is 12.5. The number of hydrogen-bond acceptors (Lipinski definition) is 4. The first-order chi connectivity index (χ1) is 9.49. The van der Waals surface area contributed by atoms with E-state index in [4.69, 9.17) is 10.5 Å². The van der Waals surface area contributed by atoms with Crippen molar-refractivity contribution in [3.63, 3.8) is 0 Å². The van der Waals surface area contributed by atoms with E-state index in [2.05, 4.69) is 35.9 Å². The molecule has 1 aromatic heterocycles. The molecule has 0 aliphatic rings. The van der Waals surface area contributed by atoms with E-state index in [1.807, 2.05) is 13.0 Å². The highest BCUT2D eigenvalue weighted by atomic mass is 16.5. The minimum atomic E-state index is 0.475. The summed E-state index contributed by atoms with van der Waals surface area (Å²) in [7, 11) is 1.68. The standard InChI is InChI=1S/C16H21N3O/c1-10(2)12-5-6-14(20-4)13(8-12)9-16-18-11(3)7-15(17)19-16/h5-8,10H,9H2,1-4H3,(H2,17,18,19). The Balaban J connectivity index is 2.38. The van der Waals surface area contributed by atoms with Crippen molar-refractivity contribution in [2.45, 2.75) is 33.1 Å². The number of anilines is 1. The Morgan fingerprint density at radius 1 is 1.20 bits per heavy atom. The molecule has 2 N–H and O–H groups in total. The lowest BCUT2D eigenvalue weighted by Crippen LogP contribution is -2.04. The third kappa shape index (κ3) is 3.26. The van der Waals surface area contributed by atoms with E-state index in [0.29, 0.717) is 18.2 Å². The van der Waals surface area contributed by atoms with E-state index in [9.17, 15) is 0 Å². The van der Waals surface area contributed by atoms with Crippen LogP contribution in [0, 0.1) is 6.92 Å². The van der Waals surface area contributed by atoms with E-state index in [0.717, 1.165) is 22.8 Å². The molecule has 1 aromatic carbocycles. The molecule has 106 valence electrons. The number of rotatable bonds is 4. The average Bonchev–Trinajstić information content (AvgIpc) is 2.37. The van der Waals surface area contributed by atoms with Gasteiger partial charge in [0.05, 0.1) is 7.11 Å². The SMILES string of the molecule is COc1ccc(C(C)C)cc1Cc1nc(C)cc(N)n1. The monoisotopic (exact) mass is 271 g/mol. The summed E-state index contributed by atoms with van der Waals surface area (Å²) < 4.78 is 5.43. The van der Waals surface area contributed by atoms with Gasteiger partial charge in [0, 0.05) is 23.7 Å². The van der Waals surface area contributed by atoms with Gasteiger partial charge in [-0.15, -0.1) is 0 Å². The molecular weight excluding hydrogens is 250 g/mol. The van der Waals surface area contributed by atoms with Crippen LogP contribution in [0.4, 0.5) is 5.82 Å². The molecule has 0 unspecified atom stereocenters. The molecule has 20 heavy (non-hydrogen) atoms. The summed E-state index contributed by atoms with van der Waals surface area (Å²) in [5.74, 6) is 2.56. The van der Waals surface area contributed by atoms with Gasteiger partial charge in [-0.25, -0.2) is 9.97 Å². The van der Waals surface area contributed by atoms with Crippen LogP contribution in [0.2, 0.25) is 0 Å². The van der Waals surface area contributed by atoms with Gasteiger partial charge in [-0.2, -0.15) is 0 Å². The van der Waals surface area contributed by atoms with Crippen molar-refractivity contribution in [3.05, 3.63) is 46.9 Å². The van der Waals surface area contributed by atoms with Crippen LogP contribution in [0.25, 0.3) is 0 Å². The average molecular weight is 271 g/mol. The van der Waals surface area contributed by atoms with Crippen molar-refractivity contribution in [2.75, 3.05) is 12.8 Å². The van der Waals surface area contributed by atoms with Gasteiger partial charge in [-0.05, 0) is 24.5 Å². The van der Waals surface area contributed by atoms with Crippen molar-refractivity contribution in [1.29, 1.82) is 0 Å². The number of nitrogen functional groups attached to an aromatic ring is 1. The van der Waals surface area contributed by atoms with E-state index < -0.39 is 0 Å². The number of nitrogens with zero attached hydrogens (tertiary/aromatic N) is 2. The highest BCUT2D eigenvalue weighted by Gasteiger charge is 2.10. The molecule has 0 fully saturated rings. The zero-order chi connectivity index (χ0) is 14.7. The number of aromatic nitrogens is 2. The van der Waals surface area contributed by atoms with Crippen LogP contribution in [0.1, 0.15) is 42.4 Å². The van der Waals surface area contributed by atoms with Crippen LogP contribution >= 0.6 is 0 Å². The molecule has 0 radical (unpaired) electrons. The maximum absolute atomic E-state index is 5.78. The molecule has 2 aromatic rings. The van der Waals surface area contributed by atoms with Crippen molar-refractivity contribution in [3.8, 4) is 5.75 Å². The Hall–Kier alpha value is -2.10. The van der Waals surface area contributed by atoms with E-state index in [1.54, 1.807) is 13.2 Å². The first kappa shape index (κ1) is 14.3. The fourth-order valence-electron chi connectivity index (χ4n) is 2.20. The van der Waals surface area contributed by atoms with Crippen LogP contribution in [-0.4, -0.2) is 17.1 Å². The fraction of sp³-hybridized carbons (Fsp3) is 0.375. The Morgan fingerprint density at radius 2 is 1.95 bits per heavy atom. The predicted octanol–water partition coefficient (Wildman–Crippen LogP) is 3.09. The first-order valence-corrected chi connectivity index (χ1v) is 6.76. The van der Waals surface area contributed by atoms with Gasteiger partial charge in [-0.3, -0.25) is 0 Å². The Bertz CT molecular complexity index is 588. The highest BCUT2D eigenvalue weighted by Crippen LogP contribution is 2.25. The second-order valence-electron chi connectivity index (χ2n) is 5.25. The summed E-state index contributed by atoms with van der Waals surface area (Å²) >= 11 is 0. The maximum Gasteiger partial charge on any atom is 0.135 e. The summed E-state index contributed by atoms with van der Waals surface area (Å²) in [6.07, 6.45) is 0.621. The Kier molecular flexibility index (Phi) is 4.23. The van der Waals surface area contributed by atoms with Gasteiger partial charge in [-0.1, -0.05) is 26.0 Å². The van der Waals surface area contributed by atoms with Gasteiger partial charge in [0.1, 0.15) is 17.4 Å². The zero-order valence-corrected chi connectivity index (χ0v) is 12.5. The number of benzene rings is 1. The molecule has 0 aliphatic heterocycles. The van der Waals surface area contributed by atoms with E-state index in [1.165, 1.54) is 5.56 Å². The largest absolute Gasteiger partial charge is 0.496 e. The number of aryl methyl sites for hydroxylation is 1. The first-order valence-electron chi connectivity index (χ1n) is 6.76. The van der Waals surface area contributed by atoms with E-state index in [-0.39, 0.29) is 0 Å². The lowest BCUT2D eigenvalue weighted by molar-refractivity contribution is 0.410. The van der Waals surface area contributed by atoms with Crippen molar-refractivity contribution in [1.82, 2.24) is 9.97 Å². The summed E-state index contributed by atoms with van der Waals surface area (Å²) in [6.45, 7) is 6.27. The second kappa shape index (κ2) is 5.90. The molecule has 0 bridgehead atoms. The molecule has 4 nitrogen and oxygen atoms in total. The number of methoxy groups -OCH3 is 1. The molecule has 0 atom stereocenters. The summed E-state index contributed by atoms with van der Waals surface area (Å²) in [5.41, 5.74) is 9.03. The van der Waals surface area contributed by atoms with E-state index >= 15 is 0 Å². The van der Waals surface area contributed by atoms with Crippen LogP contribution in [0.5, 0.6) is 5.75 Å². The third-order valence-corrected chi connectivity index (χ3v) is 3.24. The quantitative estimate of drug-likeness (QED) is 0.928. The van der Waals surface area contributed by atoms with Crippen LogP contribution in [0.3, 0.4) is 0 Å². The van der Waals surface area contributed by atoms with Crippen molar-refractivity contribution < 1.29 is 4.74 Å². The third-order valence-electron chi connectivity index (χ3n) is 3.24. The van der Waals surface area contributed by atoms with Crippen LogP contribution in [0.15, 0.2) is 24.3 Å². The van der Waals surface area contributed by atoms with Gasteiger partial charge in [0.2, 0.25) is 0 Å². The molecule has 2 rings (SSSR count). The minimum absolute atomic E-state index is 0.475. The highest BCUT2D eigenvalue weighted by molar-refractivity contribution is 5.40. The van der Waals surface area contributed by atoms with Gasteiger partial charge < -0.3 is 10.5 Å². The Labute approximate surface area is 120 Å². The molecular formula is C16H21N3O. The summed E-state index contributed by atoms with van der Waals surface area (Å²) in [4.78, 5) is 8.72. The van der Waals surface area contributed by atoms with Crippen molar-refractivity contribution >= 4 is 5.82 Å². The van der Waals surface area contributed by atoms with Gasteiger partial charge in [0.15, 0.2) is 0 Å². The fourth-order valence-corrected chi connectivity index (χ4v) is 2.20. The second-order valence-corrected chi connectivity index (χ2v) is 5.25. The van der Waals surface area contributed by atoms with Gasteiger partial charge in [0.25, 0.3) is 0 Å². The molecule has 0 amide bonds. The molecule has 4 heteroatoms. The topological polar surface area (TPSA) is 61.0 Å². The number of hydrogen-bond donors (Lipinski definition) is 1. The molecule has 0 spiro atoms. The van der Waals surface area contributed by atoms with Crippen LogP contribution < -0.4 is 10.5 Å². The summed E-state index contributed by atoms with van der Waals surface area (Å²) in [5, 5.41) is 0. The van der Waals surface area contributed by atoms with Gasteiger partial charge >= 0.3 is 0 Å². The lowest BCUT2D eigenvalue weighted by atomic mass is 9.99. The number of nitrogens with two attached hydrogens (primary N) is 1. The molecule has 0 saturated heterocycles. The smallest absolute Gasteiger partial charge is 0.135 e. The molecule has 0 aliphatic carbocycles. The lowest BCUT2D eigenvalue weighted by Gasteiger charge is -2.12.